The Morgan fingerprint density at radius 1 is 1.47 bits per heavy atom. The predicted octanol–water partition coefficient (Wildman–Crippen LogP) is 0.518. The van der Waals surface area contributed by atoms with Gasteiger partial charge < -0.3 is 15.7 Å². The van der Waals surface area contributed by atoms with E-state index in [4.69, 9.17) is 5.11 Å². The number of hydrogen-bond donors (Lipinski definition) is 3. The van der Waals surface area contributed by atoms with E-state index in [-0.39, 0.29) is 24.2 Å². The smallest absolute Gasteiger partial charge is 0.303 e. The molecule has 1 fully saturated rings. The molecular formula is C13H22N2O4. The number of carbonyl (C=O) groups excluding carboxylic acids is 2. The Morgan fingerprint density at radius 2 is 2.16 bits per heavy atom. The number of aliphatic carboxylic acids is 1. The van der Waals surface area contributed by atoms with Gasteiger partial charge in [0.05, 0.1) is 0 Å². The van der Waals surface area contributed by atoms with E-state index in [1.54, 1.807) is 0 Å². The van der Waals surface area contributed by atoms with Crippen LogP contribution in [0.2, 0.25) is 0 Å². The third-order valence-corrected chi connectivity index (χ3v) is 3.14. The minimum Gasteiger partial charge on any atom is -0.481 e. The highest BCUT2D eigenvalue weighted by Gasteiger charge is 2.27. The van der Waals surface area contributed by atoms with Gasteiger partial charge in [-0.05, 0) is 24.7 Å². The molecule has 108 valence electrons. The van der Waals surface area contributed by atoms with Crippen molar-refractivity contribution >= 4 is 17.8 Å². The Bertz CT molecular complexity index is 355. The van der Waals surface area contributed by atoms with Crippen LogP contribution in [0.1, 0.15) is 39.5 Å². The largest absolute Gasteiger partial charge is 0.481 e. The SMILES string of the molecule is CC(C)CC(CNC(=O)[C@H]1CCC(=O)N1)CC(=O)O. The molecule has 2 amide bonds. The van der Waals surface area contributed by atoms with Crippen molar-refractivity contribution in [3.8, 4) is 0 Å². The fraction of sp³-hybridized carbons (Fsp3) is 0.769. The summed E-state index contributed by atoms with van der Waals surface area (Å²) in [6.07, 6.45) is 1.69. The van der Waals surface area contributed by atoms with E-state index in [1.165, 1.54) is 0 Å². The third kappa shape index (κ3) is 5.72. The van der Waals surface area contributed by atoms with Crippen LogP contribution in [0.25, 0.3) is 0 Å². The minimum absolute atomic E-state index is 0.0511. The summed E-state index contributed by atoms with van der Waals surface area (Å²) in [5, 5.41) is 14.2. The average molecular weight is 270 g/mol. The number of carbonyl (C=O) groups is 3. The summed E-state index contributed by atoms with van der Waals surface area (Å²) in [5.74, 6) is -0.866. The summed E-state index contributed by atoms with van der Waals surface area (Å²) in [5.41, 5.74) is 0. The van der Waals surface area contributed by atoms with Gasteiger partial charge in [-0.2, -0.15) is 0 Å². The number of carboxylic acids is 1. The van der Waals surface area contributed by atoms with E-state index in [0.29, 0.717) is 25.3 Å². The van der Waals surface area contributed by atoms with Crippen molar-refractivity contribution in [3.63, 3.8) is 0 Å². The second-order valence-electron chi connectivity index (χ2n) is 5.50. The maximum Gasteiger partial charge on any atom is 0.303 e. The number of amides is 2. The van der Waals surface area contributed by atoms with Gasteiger partial charge in [-0.25, -0.2) is 0 Å². The van der Waals surface area contributed by atoms with Crippen LogP contribution in [0.4, 0.5) is 0 Å². The Labute approximate surface area is 112 Å². The van der Waals surface area contributed by atoms with E-state index >= 15 is 0 Å². The summed E-state index contributed by atoms with van der Waals surface area (Å²) in [7, 11) is 0. The molecule has 0 spiro atoms. The van der Waals surface area contributed by atoms with Crippen molar-refractivity contribution in [1.82, 2.24) is 10.6 Å². The standard InChI is InChI=1S/C13H22N2O4/c1-8(2)5-9(6-12(17)18)7-14-13(19)10-3-4-11(16)15-10/h8-10H,3-7H2,1-2H3,(H,14,19)(H,15,16)(H,17,18)/t9?,10-/m1/s1. The van der Waals surface area contributed by atoms with Gasteiger partial charge in [0.1, 0.15) is 6.04 Å². The van der Waals surface area contributed by atoms with Crippen LogP contribution in [0, 0.1) is 11.8 Å². The predicted molar refractivity (Wildman–Crippen MR) is 69.4 cm³/mol. The van der Waals surface area contributed by atoms with E-state index in [9.17, 15) is 14.4 Å². The first-order chi connectivity index (χ1) is 8.88. The minimum atomic E-state index is -0.853. The molecule has 6 heteroatoms. The van der Waals surface area contributed by atoms with E-state index in [2.05, 4.69) is 10.6 Å². The summed E-state index contributed by atoms with van der Waals surface area (Å²) in [6, 6.07) is -0.461. The Balaban J connectivity index is 2.39. The molecule has 19 heavy (non-hydrogen) atoms. The van der Waals surface area contributed by atoms with Gasteiger partial charge in [-0.1, -0.05) is 13.8 Å². The third-order valence-electron chi connectivity index (χ3n) is 3.14. The molecule has 0 aliphatic carbocycles. The van der Waals surface area contributed by atoms with Crippen LogP contribution >= 0.6 is 0 Å². The molecule has 0 radical (unpaired) electrons. The van der Waals surface area contributed by atoms with E-state index in [0.717, 1.165) is 6.42 Å². The van der Waals surface area contributed by atoms with E-state index < -0.39 is 12.0 Å². The van der Waals surface area contributed by atoms with Crippen LogP contribution in [-0.4, -0.2) is 35.5 Å². The molecule has 1 rings (SSSR count). The number of hydrogen-bond acceptors (Lipinski definition) is 3. The number of rotatable bonds is 7. The van der Waals surface area contributed by atoms with Gasteiger partial charge >= 0.3 is 5.97 Å². The van der Waals surface area contributed by atoms with Crippen LogP contribution in [-0.2, 0) is 14.4 Å². The summed E-state index contributed by atoms with van der Waals surface area (Å²) >= 11 is 0. The zero-order valence-electron chi connectivity index (χ0n) is 11.4. The molecule has 0 bridgehead atoms. The summed E-state index contributed by atoms with van der Waals surface area (Å²) in [6.45, 7) is 4.39. The second kappa shape index (κ2) is 7.11. The fourth-order valence-corrected chi connectivity index (χ4v) is 2.33. The first-order valence-electron chi connectivity index (χ1n) is 6.67. The quantitative estimate of drug-likeness (QED) is 0.628. The average Bonchev–Trinajstić information content (AvgIpc) is 2.71. The molecule has 0 aromatic rings. The molecule has 3 N–H and O–H groups in total. The Hall–Kier alpha value is -1.59. The van der Waals surface area contributed by atoms with Crippen LogP contribution in [0.5, 0.6) is 0 Å². The second-order valence-corrected chi connectivity index (χ2v) is 5.50. The molecule has 1 unspecified atom stereocenters. The highest BCUT2D eigenvalue weighted by atomic mass is 16.4. The van der Waals surface area contributed by atoms with Crippen molar-refractivity contribution in [3.05, 3.63) is 0 Å². The van der Waals surface area contributed by atoms with Crippen molar-refractivity contribution in [2.24, 2.45) is 11.8 Å². The van der Waals surface area contributed by atoms with Gasteiger partial charge in [0, 0.05) is 19.4 Å². The van der Waals surface area contributed by atoms with Gasteiger partial charge in [0.15, 0.2) is 0 Å². The molecule has 2 atom stereocenters. The highest BCUT2D eigenvalue weighted by Crippen LogP contribution is 2.15. The first kappa shape index (κ1) is 15.5. The number of carboxylic acid groups (broad SMARTS) is 1. The topological polar surface area (TPSA) is 95.5 Å². The van der Waals surface area contributed by atoms with Crippen LogP contribution in [0.3, 0.4) is 0 Å². The zero-order valence-corrected chi connectivity index (χ0v) is 11.4. The maximum absolute atomic E-state index is 11.8. The lowest BCUT2D eigenvalue weighted by Gasteiger charge is -2.19. The lowest BCUT2D eigenvalue weighted by atomic mass is 9.94. The molecule has 6 nitrogen and oxygen atoms in total. The van der Waals surface area contributed by atoms with Gasteiger partial charge in [-0.3, -0.25) is 14.4 Å². The van der Waals surface area contributed by atoms with Gasteiger partial charge in [0.2, 0.25) is 11.8 Å². The molecule has 1 heterocycles. The van der Waals surface area contributed by atoms with Gasteiger partial charge in [-0.15, -0.1) is 0 Å². The Morgan fingerprint density at radius 3 is 2.63 bits per heavy atom. The van der Waals surface area contributed by atoms with Crippen molar-refractivity contribution in [2.75, 3.05) is 6.54 Å². The fourth-order valence-electron chi connectivity index (χ4n) is 2.33. The molecule has 1 aliphatic rings. The van der Waals surface area contributed by atoms with Gasteiger partial charge in [0.25, 0.3) is 0 Å². The van der Waals surface area contributed by atoms with Crippen molar-refractivity contribution in [2.45, 2.75) is 45.6 Å². The molecule has 0 aromatic heterocycles. The molecule has 1 aliphatic heterocycles. The zero-order chi connectivity index (χ0) is 14.4. The Kier molecular flexibility index (Phi) is 5.79. The normalized spacial score (nSPS) is 20.2. The monoisotopic (exact) mass is 270 g/mol. The maximum atomic E-state index is 11.8. The lowest BCUT2D eigenvalue weighted by molar-refractivity contribution is -0.138. The van der Waals surface area contributed by atoms with Crippen LogP contribution < -0.4 is 10.6 Å². The van der Waals surface area contributed by atoms with E-state index in [1.807, 2.05) is 13.8 Å². The molecule has 0 saturated carbocycles. The first-order valence-corrected chi connectivity index (χ1v) is 6.67. The molecule has 1 saturated heterocycles. The summed E-state index contributed by atoms with van der Waals surface area (Å²) < 4.78 is 0. The van der Waals surface area contributed by atoms with Crippen molar-refractivity contribution < 1.29 is 19.5 Å². The lowest BCUT2D eigenvalue weighted by Crippen LogP contribution is -2.43. The van der Waals surface area contributed by atoms with Crippen LogP contribution in [0.15, 0.2) is 0 Å². The highest BCUT2D eigenvalue weighted by molar-refractivity contribution is 5.90. The van der Waals surface area contributed by atoms with Crippen molar-refractivity contribution in [1.29, 1.82) is 0 Å². The summed E-state index contributed by atoms with van der Waals surface area (Å²) in [4.78, 5) is 33.6. The molecular weight excluding hydrogens is 248 g/mol. The number of nitrogens with one attached hydrogen (secondary N) is 2. The molecule has 0 aromatic carbocycles.